The molecule has 17 heavy (non-hydrogen) atoms. The molecule has 3 heteroatoms. The normalized spacial score (nSPS) is 18.2. The second kappa shape index (κ2) is 6.03. The average Bonchev–Trinajstić information content (AvgIpc) is 2.90. The number of likely N-dealkylation sites (tertiary alicyclic amines) is 1. The lowest BCUT2D eigenvalue weighted by molar-refractivity contribution is 0.236. The maximum absolute atomic E-state index is 6.19. The standard InChI is InChI=1S/C14H22N2O/c1-17-13-6-4-5-12(11-13)7-8-14(15)16-9-2-3-10-16/h4-6,11,14H,2-3,7-10,15H2,1H3/t14-/m0/s1. The molecule has 94 valence electrons. The fourth-order valence-corrected chi connectivity index (χ4v) is 2.40. The Bertz CT molecular complexity index is 348. The van der Waals surface area contributed by atoms with Crippen LogP contribution in [0.5, 0.6) is 5.75 Å². The highest BCUT2D eigenvalue weighted by Gasteiger charge is 2.17. The quantitative estimate of drug-likeness (QED) is 0.847. The molecule has 0 spiro atoms. The van der Waals surface area contributed by atoms with Crippen molar-refractivity contribution in [1.29, 1.82) is 0 Å². The summed E-state index contributed by atoms with van der Waals surface area (Å²) in [4.78, 5) is 2.39. The summed E-state index contributed by atoms with van der Waals surface area (Å²) in [7, 11) is 1.70. The molecule has 2 N–H and O–H groups in total. The van der Waals surface area contributed by atoms with Gasteiger partial charge in [-0.05, 0) is 56.5 Å². The first-order chi connectivity index (χ1) is 8.29. The SMILES string of the molecule is COc1cccc(CC[C@@H](N)N2CCCC2)c1. The first-order valence-corrected chi connectivity index (χ1v) is 6.42. The number of benzene rings is 1. The van der Waals surface area contributed by atoms with E-state index in [-0.39, 0.29) is 6.17 Å². The highest BCUT2D eigenvalue weighted by Crippen LogP contribution is 2.16. The van der Waals surface area contributed by atoms with Crippen LogP contribution in [-0.4, -0.2) is 31.3 Å². The van der Waals surface area contributed by atoms with Gasteiger partial charge in [-0.15, -0.1) is 0 Å². The van der Waals surface area contributed by atoms with Crippen LogP contribution >= 0.6 is 0 Å². The van der Waals surface area contributed by atoms with E-state index in [0.717, 1.165) is 18.6 Å². The Balaban J connectivity index is 1.83. The predicted octanol–water partition coefficient (Wildman–Crippen LogP) is 2.01. The fourth-order valence-electron chi connectivity index (χ4n) is 2.40. The largest absolute Gasteiger partial charge is 0.497 e. The first-order valence-electron chi connectivity index (χ1n) is 6.42. The maximum Gasteiger partial charge on any atom is 0.119 e. The second-order valence-corrected chi connectivity index (χ2v) is 4.70. The summed E-state index contributed by atoms with van der Waals surface area (Å²) in [5.41, 5.74) is 7.50. The summed E-state index contributed by atoms with van der Waals surface area (Å²) < 4.78 is 5.22. The van der Waals surface area contributed by atoms with Crippen LogP contribution in [0.15, 0.2) is 24.3 Å². The van der Waals surface area contributed by atoms with Crippen molar-refractivity contribution >= 4 is 0 Å². The van der Waals surface area contributed by atoms with Crippen molar-refractivity contribution in [3.63, 3.8) is 0 Å². The molecule has 0 aromatic heterocycles. The highest BCUT2D eigenvalue weighted by molar-refractivity contribution is 5.28. The van der Waals surface area contributed by atoms with Gasteiger partial charge in [0.1, 0.15) is 5.75 Å². The van der Waals surface area contributed by atoms with Crippen LogP contribution in [0.1, 0.15) is 24.8 Å². The van der Waals surface area contributed by atoms with Crippen LogP contribution in [0.3, 0.4) is 0 Å². The van der Waals surface area contributed by atoms with Crippen molar-refractivity contribution in [2.75, 3.05) is 20.2 Å². The Morgan fingerprint density at radius 2 is 2.12 bits per heavy atom. The van der Waals surface area contributed by atoms with E-state index < -0.39 is 0 Å². The minimum Gasteiger partial charge on any atom is -0.497 e. The van der Waals surface area contributed by atoms with Gasteiger partial charge in [-0.2, -0.15) is 0 Å². The van der Waals surface area contributed by atoms with Crippen molar-refractivity contribution in [3.05, 3.63) is 29.8 Å². The fraction of sp³-hybridized carbons (Fsp3) is 0.571. The molecule has 1 aliphatic heterocycles. The van der Waals surface area contributed by atoms with Gasteiger partial charge in [0, 0.05) is 0 Å². The van der Waals surface area contributed by atoms with Gasteiger partial charge >= 0.3 is 0 Å². The number of nitrogens with zero attached hydrogens (tertiary/aromatic N) is 1. The van der Waals surface area contributed by atoms with Gasteiger partial charge in [0.25, 0.3) is 0 Å². The molecule has 1 saturated heterocycles. The molecule has 1 aliphatic rings. The molecule has 2 rings (SSSR count). The molecule has 3 nitrogen and oxygen atoms in total. The molecular formula is C14H22N2O. The molecule has 0 bridgehead atoms. The lowest BCUT2D eigenvalue weighted by atomic mass is 10.1. The van der Waals surface area contributed by atoms with Gasteiger partial charge in [0.15, 0.2) is 0 Å². The number of hydrogen-bond acceptors (Lipinski definition) is 3. The molecule has 0 amide bonds. The van der Waals surface area contributed by atoms with Crippen molar-refractivity contribution in [1.82, 2.24) is 4.90 Å². The van der Waals surface area contributed by atoms with Crippen LogP contribution in [0.2, 0.25) is 0 Å². The molecule has 0 aliphatic carbocycles. The van der Waals surface area contributed by atoms with E-state index in [4.69, 9.17) is 10.5 Å². The molecule has 1 atom stereocenters. The number of hydrogen-bond donors (Lipinski definition) is 1. The number of aryl methyl sites for hydroxylation is 1. The summed E-state index contributed by atoms with van der Waals surface area (Å²) in [5, 5.41) is 0. The topological polar surface area (TPSA) is 38.5 Å². The van der Waals surface area contributed by atoms with Gasteiger partial charge in [0.05, 0.1) is 13.3 Å². The minimum absolute atomic E-state index is 0.212. The summed E-state index contributed by atoms with van der Waals surface area (Å²) in [5.74, 6) is 0.928. The van der Waals surface area contributed by atoms with Gasteiger partial charge in [-0.1, -0.05) is 12.1 Å². The minimum atomic E-state index is 0.212. The van der Waals surface area contributed by atoms with Crippen molar-refractivity contribution in [3.8, 4) is 5.75 Å². The third kappa shape index (κ3) is 3.45. The smallest absolute Gasteiger partial charge is 0.119 e. The van der Waals surface area contributed by atoms with Gasteiger partial charge in [-0.3, -0.25) is 4.90 Å². The number of methoxy groups -OCH3 is 1. The zero-order valence-corrected chi connectivity index (χ0v) is 10.6. The maximum atomic E-state index is 6.19. The van der Waals surface area contributed by atoms with E-state index in [9.17, 15) is 0 Å². The van der Waals surface area contributed by atoms with E-state index in [2.05, 4.69) is 17.0 Å². The monoisotopic (exact) mass is 234 g/mol. The van der Waals surface area contributed by atoms with Crippen LogP contribution in [0, 0.1) is 0 Å². The zero-order chi connectivity index (χ0) is 12.1. The zero-order valence-electron chi connectivity index (χ0n) is 10.6. The van der Waals surface area contributed by atoms with Gasteiger partial charge in [0.2, 0.25) is 0 Å². The number of rotatable bonds is 5. The van der Waals surface area contributed by atoms with E-state index >= 15 is 0 Å². The van der Waals surface area contributed by atoms with Gasteiger partial charge < -0.3 is 10.5 Å². The van der Waals surface area contributed by atoms with Crippen LogP contribution < -0.4 is 10.5 Å². The Labute approximate surface area is 104 Å². The first kappa shape index (κ1) is 12.4. The summed E-state index contributed by atoms with van der Waals surface area (Å²) in [6.07, 6.45) is 4.85. The second-order valence-electron chi connectivity index (χ2n) is 4.70. The molecule has 0 saturated carbocycles. The Morgan fingerprint density at radius 3 is 2.82 bits per heavy atom. The molecule has 1 aromatic carbocycles. The van der Waals surface area contributed by atoms with E-state index in [0.29, 0.717) is 0 Å². The molecule has 1 aromatic rings. The summed E-state index contributed by atoms with van der Waals surface area (Å²) in [6.45, 7) is 2.33. The van der Waals surface area contributed by atoms with Crippen molar-refractivity contribution < 1.29 is 4.74 Å². The summed E-state index contributed by atoms with van der Waals surface area (Å²) >= 11 is 0. The highest BCUT2D eigenvalue weighted by atomic mass is 16.5. The van der Waals surface area contributed by atoms with Crippen LogP contribution in [-0.2, 0) is 6.42 Å². The van der Waals surface area contributed by atoms with E-state index in [1.165, 1.54) is 31.5 Å². The Hall–Kier alpha value is -1.06. The van der Waals surface area contributed by atoms with Gasteiger partial charge in [-0.25, -0.2) is 0 Å². The lowest BCUT2D eigenvalue weighted by Crippen LogP contribution is -2.40. The predicted molar refractivity (Wildman–Crippen MR) is 70.1 cm³/mol. The number of ether oxygens (including phenoxy) is 1. The van der Waals surface area contributed by atoms with Crippen molar-refractivity contribution in [2.24, 2.45) is 5.73 Å². The van der Waals surface area contributed by atoms with E-state index in [1.54, 1.807) is 7.11 Å². The Morgan fingerprint density at radius 1 is 1.35 bits per heavy atom. The molecule has 0 unspecified atom stereocenters. The van der Waals surface area contributed by atoms with Crippen LogP contribution in [0.25, 0.3) is 0 Å². The number of nitrogens with two attached hydrogens (primary N) is 1. The molecule has 1 heterocycles. The van der Waals surface area contributed by atoms with Crippen molar-refractivity contribution in [2.45, 2.75) is 31.8 Å². The molecule has 1 fully saturated rings. The molecule has 0 radical (unpaired) electrons. The van der Waals surface area contributed by atoms with E-state index in [1.807, 2.05) is 12.1 Å². The summed E-state index contributed by atoms with van der Waals surface area (Å²) in [6, 6.07) is 8.25. The Kier molecular flexibility index (Phi) is 4.40. The lowest BCUT2D eigenvalue weighted by Gasteiger charge is -2.23. The third-order valence-corrected chi connectivity index (χ3v) is 3.47. The van der Waals surface area contributed by atoms with Crippen LogP contribution in [0.4, 0.5) is 0 Å². The average molecular weight is 234 g/mol. The third-order valence-electron chi connectivity index (χ3n) is 3.47. The molecular weight excluding hydrogens is 212 g/mol.